The molecule has 0 aromatic carbocycles. The Labute approximate surface area is 194 Å². The van der Waals surface area contributed by atoms with Gasteiger partial charge in [0.05, 0.1) is 6.42 Å². The molecular formula is C20H31F2N3O9. The zero-order chi connectivity index (χ0) is 26.8. The van der Waals surface area contributed by atoms with Gasteiger partial charge in [-0.1, -0.05) is 13.8 Å². The van der Waals surface area contributed by atoms with Crippen LogP contribution in [0.1, 0.15) is 53.9 Å². The molecule has 14 heteroatoms. The molecule has 0 bridgehead atoms. The number of hydrogen-bond acceptors (Lipinski definition) is 7. The van der Waals surface area contributed by atoms with Gasteiger partial charge in [-0.2, -0.15) is 0 Å². The van der Waals surface area contributed by atoms with Crippen LogP contribution in [-0.4, -0.2) is 76.0 Å². The predicted octanol–water partition coefficient (Wildman–Crippen LogP) is 0.679. The van der Waals surface area contributed by atoms with Gasteiger partial charge >= 0.3 is 18.0 Å². The summed E-state index contributed by atoms with van der Waals surface area (Å²) in [5, 5.41) is 24.1. The molecule has 3 amide bonds. The molecule has 0 heterocycles. The van der Waals surface area contributed by atoms with Crippen molar-refractivity contribution in [2.24, 2.45) is 5.92 Å². The molecule has 0 aromatic rings. The summed E-state index contributed by atoms with van der Waals surface area (Å²) in [5.41, 5.74) is -0.954. The summed E-state index contributed by atoms with van der Waals surface area (Å²) in [6.07, 6.45) is -6.41. The van der Waals surface area contributed by atoms with Crippen LogP contribution in [0.15, 0.2) is 0 Å². The molecule has 3 unspecified atom stereocenters. The number of carboxylic acid groups (broad SMARTS) is 2. The van der Waals surface area contributed by atoms with Gasteiger partial charge in [-0.15, -0.1) is 0 Å². The SMILES string of the molecule is CC(C)CC(NC(=O)C(CC(=O)O)NC(=O)OC(C)(C)C)C(=O)NC(CC(F)F)C(=O)C(=O)O. The molecule has 0 aliphatic rings. The van der Waals surface area contributed by atoms with Crippen molar-refractivity contribution in [1.29, 1.82) is 0 Å². The molecular weight excluding hydrogens is 464 g/mol. The van der Waals surface area contributed by atoms with E-state index in [-0.39, 0.29) is 12.3 Å². The number of rotatable bonds is 13. The Kier molecular flexibility index (Phi) is 12.1. The fourth-order valence-electron chi connectivity index (χ4n) is 2.64. The van der Waals surface area contributed by atoms with E-state index in [1.165, 1.54) is 20.8 Å². The minimum Gasteiger partial charge on any atom is -0.481 e. The van der Waals surface area contributed by atoms with Gasteiger partial charge in [-0.25, -0.2) is 18.4 Å². The topological polar surface area (TPSA) is 188 Å². The Morgan fingerprint density at radius 1 is 0.824 bits per heavy atom. The third kappa shape index (κ3) is 12.6. The molecule has 0 saturated heterocycles. The number of halogens is 2. The van der Waals surface area contributed by atoms with Crippen LogP contribution in [0.25, 0.3) is 0 Å². The van der Waals surface area contributed by atoms with Gasteiger partial charge < -0.3 is 30.9 Å². The second-order valence-corrected chi connectivity index (χ2v) is 8.84. The lowest BCUT2D eigenvalue weighted by molar-refractivity contribution is -0.151. The number of aliphatic carboxylic acids is 2. The zero-order valence-electron chi connectivity index (χ0n) is 19.5. The molecule has 0 radical (unpaired) electrons. The molecule has 0 aliphatic heterocycles. The number of amides is 3. The Hall–Kier alpha value is -3.32. The minimum absolute atomic E-state index is 0.0769. The fourth-order valence-corrected chi connectivity index (χ4v) is 2.64. The van der Waals surface area contributed by atoms with Crippen molar-refractivity contribution in [3.8, 4) is 0 Å². The summed E-state index contributed by atoms with van der Waals surface area (Å²) in [6.45, 7) is 7.92. The smallest absolute Gasteiger partial charge is 0.408 e. The van der Waals surface area contributed by atoms with Gasteiger partial charge in [0.15, 0.2) is 0 Å². The molecule has 5 N–H and O–H groups in total. The van der Waals surface area contributed by atoms with Gasteiger partial charge in [0, 0.05) is 6.42 Å². The third-order valence-corrected chi connectivity index (χ3v) is 3.98. The lowest BCUT2D eigenvalue weighted by Gasteiger charge is -2.26. The van der Waals surface area contributed by atoms with E-state index in [4.69, 9.17) is 14.9 Å². The quantitative estimate of drug-likeness (QED) is 0.229. The van der Waals surface area contributed by atoms with Crippen molar-refractivity contribution in [3.05, 3.63) is 0 Å². The molecule has 0 aliphatic carbocycles. The predicted molar refractivity (Wildman–Crippen MR) is 112 cm³/mol. The Balaban J connectivity index is 5.66. The fraction of sp³-hybridized carbons (Fsp3) is 0.700. The molecule has 194 valence electrons. The van der Waals surface area contributed by atoms with E-state index in [0.29, 0.717) is 0 Å². The number of alkyl carbamates (subject to hydrolysis) is 1. The number of alkyl halides is 2. The van der Waals surface area contributed by atoms with Crippen molar-refractivity contribution in [3.63, 3.8) is 0 Å². The molecule has 0 fully saturated rings. The van der Waals surface area contributed by atoms with E-state index < -0.39 is 78.6 Å². The maximum atomic E-state index is 12.8. The van der Waals surface area contributed by atoms with Gasteiger partial charge in [0.25, 0.3) is 5.78 Å². The highest BCUT2D eigenvalue weighted by Gasteiger charge is 2.34. The van der Waals surface area contributed by atoms with Gasteiger partial charge in [0.1, 0.15) is 23.7 Å². The van der Waals surface area contributed by atoms with Gasteiger partial charge in [-0.3, -0.25) is 19.2 Å². The second-order valence-electron chi connectivity index (χ2n) is 8.84. The molecule has 0 saturated carbocycles. The first-order valence-electron chi connectivity index (χ1n) is 10.3. The van der Waals surface area contributed by atoms with Crippen molar-refractivity contribution in [1.82, 2.24) is 16.0 Å². The van der Waals surface area contributed by atoms with Crippen molar-refractivity contribution < 1.29 is 52.5 Å². The van der Waals surface area contributed by atoms with E-state index in [1.54, 1.807) is 13.8 Å². The first-order chi connectivity index (χ1) is 15.4. The van der Waals surface area contributed by atoms with Crippen LogP contribution >= 0.6 is 0 Å². The van der Waals surface area contributed by atoms with Crippen molar-refractivity contribution in [2.75, 3.05) is 0 Å². The summed E-state index contributed by atoms with van der Waals surface area (Å²) < 4.78 is 30.5. The Morgan fingerprint density at radius 2 is 1.32 bits per heavy atom. The Bertz CT molecular complexity index is 782. The number of ketones is 1. The standard InChI is InChI=1S/C20H31F2N3O9/c1-9(2)6-11(16(29)23-10(7-13(21)22)15(28)18(31)32)24-17(30)12(8-14(26)27)25-19(33)34-20(3,4)5/h9-13H,6-8H2,1-5H3,(H,23,29)(H,24,30)(H,25,33)(H,26,27)(H,31,32). The maximum Gasteiger partial charge on any atom is 0.408 e. The zero-order valence-corrected chi connectivity index (χ0v) is 19.5. The van der Waals surface area contributed by atoms with Crippen LogP contribution in [0.3, 0.4) is 0 Å². The number of carbonyl (C=O) groups is 6. The monoisotopic (exact) mass is 495 g/mol. The van der Waals surface area contributed by atoms with Crippen LogP contribution in [0, 0.1) is 5.92 Å². The number of hydrogen-bond donors (Lipinski definition) is 5. The molecule has 0 spiro atoms. The van der Waals surface area contributed by atoms with Crippen molar-refractivity contribution >= 4 is 35.6 Å². The summed E-state index contributed by atoms with van der Waals surface area (Å²) >= 11 is 0. The number of nitrogens with one attached hydrogen (secondary N) is 3. The van der Waals surface area contributed by atoms with Crippen molar-refractivity contribution in [2.45, 2.75) is 84.0 Å². The largest absolute Gasteiger partial charge is 0.481 e. The van der Waals surface area contributed by atoms with Gasteiger partial charge in [-0.05, 0) is 33.1 Å². The lowest BCUT2D eigenvalue weighted by Crippen LogP contribution is -2.57. The molecule has 3 atom stereocenters. The number of Topliss-reactive ketones (excluding diaryl/α,β-unsaturated/α-hetero) is 1. The normalized spacial score (nSPS) is 14.0. The molecule has 34 heavy (non-hydrogen) atoms. The highest BCUT2D eigenvalue weighted by molar-refractivity contribution is 6.35. The lowest BCUT2D eigenvalue weighted by atomic mass is 10.0. The third-order valence-electron chi connectivity index (χ3n) is 3.98. The van der Waals surface area contributed by atoms with E-state index in [0.717, 1.165) is 0 Å². The summed E-state index contributed by atoms with van der Waals surface area (Å²) in [7, 11) is 0. The van der Waals surface area contributed by atoms with E-state index in [9.17, 15) is 37.5 Å². The molecule has 0 rings (SSSR count). The summed E-state index contributed by atoms with van der Waals surface area (Å²) in [4.78, 5) is 71.0. The number of carbonyl (C=O) groups excluding carboxylic acids is 4. The van der Waals surface area contributed by atoms with Crippen LogP contribution < -0.4 is 16.0 Å². The Morgan fingerprint density at radius 3 is 1.74 bits per heavy atom. The average molecular weight is 495 g/mol. The van der Waals surface area contributed by atoms with Crippen LogP contribution in [0.2, 0.25) is 0 Å². The highest BCUT2D eigenvalue weighted by atomic mass is 19.3. The molecule has 0 aromatic heterocycles. The maximum absolute atomic E-state index is 12.8. The number of ether oxygens (including phenoxy) is 1. The first kappa shape index (κ1) is 30.7. The van der Waals surface area contributed by atoms with Crippen LogP contribution in [-0.2, 0) is 28.7 Å². The number of carboxylic acids is 2. The van der Waals surface area contributed by atoms with E-state index >= 15 is 0 Å². The van der Waals surface area contributed by atoms with E-state index in [1.807, 2.05) is 5.32 Å². The second kappa shape index (κ2) is 13.4. The minimum atomic E-state index is -3.11. The average Bonchev–Trinajstić information content (AvgIpc) is 2.62. The van der Waals surface area contributed by atoms with Crippen LogP contribution in [0.5, 0.6) is 0 Å². The van der Waals surface area contributed by atoms with E-state index in [2.05, 4.69) is 10.6 Å². The summed E-state index contributed by atoms with van der Waals surface area (Å²) in [5.74, 6) is -7.63. The molecule has 12 nitrogen and oxygen atoms in total. The van der Waals surface area contributed by atoms with Crippen LogP contribution in [0.4, 0.5) is 13.6 Å². The first-order valence-corrected chi connectivity index (χ1v) is 10.3. The highest BCUT2D eigenvalue weighted by Crippen LogP contribution is 2.11. The van der Waals surface area contributed by atoms with Gasteiger partial charge in [0.2, 0.25) is 18.2 Å². The summed E-state index contributed by atoms with van der Waals surface area (Å²) in [6, 6.07) is -5.16.